The molecule has 0 unspecified atom stereocenters. The SMILES string of the molecule is CN1N=C(CNc2ccc(Cl)cc2)/C(=C\c2ccc(C(C)(C)C)cc2)C1=O. The van der Waals surface area contributed by atoms with Crippen molar-refractivity contribution >= 4 is 35.0 Å². The van der Waals surface area contributed by atoms with Crippen LogP contribution in [0.3, 0.4) is 0 Å². The maximum absolute atomic E-state index is 12.5. The Bertz CT molecular complexity index is 891. The van der Waals surface area contributed by atoms with Gasteiger partial charge in [0.25, 0.3) is 5.91 Å². The summed E-state index contributed by atoms with van der Waals surface area (Å²) in [6.45, 7) is 7.01. The molecule has 0 saturated carbocycles. The highest BCUT2D eigenvalue weighted by molar-refractivity contribution is 6.30. The second kappa shape index (κ2) is 7.57. The highest BCUT2D eigenvalue weighted by Crippen LogP contribution is 2.24. The Balaban J connectivity index is 1.79. The fourth-order valence-corrected chi connectivity index (χ4v) is 2.98. The average Bonchev–Trinajstić information content (AvgIpc) is 2.89. The van der Waals surface area contributed by atoms with E-state index in [0.29, 0.717) is 17.1 Å². The third kappa shape index (κ3) is 4.58. The molecule has 0 aromatic heterocycles. The number of nitrogens with one attached hydrogen (secondary N) is 1. The normalized spacial score (nSPS) is 16.0. The Morgan fingerprint density at radius 3 is 2.30 bits per heavy atom. The quantitative estimate of drug-likeness (QED) is 0.760. The molecule has 1 aliphatic rings. The molecule has 140 valence electrons. The minimum atomic E-state index is -0.0946. The summed E-state index contributed by atoms with van der Waals surface area (Å²) in [5.74, 6) is -0.0946. The summed E-state index contributed by atoms with van der Waals surface area (Å²) in [7, 11) is 1.67. The van der Waals surface area contributed by atoms with Crippen LogP contribution < -0.4 is 5.32 Å². The minimum absolute atomic E-state index is 0.0946. The molecule has 0 bridgehead atoms. The zero-order chi connectivity index (χ0) is 19.6. The molecule has 1 aliphatic heterocycles. The van der Waals surface area contributed by atoms with Crippen LogP contribution in [0.2, 0.25) is 5.02 Å². The molecule has 2 aromatic carbocycles. The van der Waals surface area contributed by atoms with E-state index in [1.807, 2.05) is 42.5 Å². The lowest BCUT2D eigenvalue weighted by Crippen LogP contribution is -2.19. The van der Waals surface area contributed by atoms with E-state index < -0.39 is 0 Å². The van der Waals surface area contributed by atoms with Crippen LogP contribution in [0.4, 0.5) is 5.69 Å². The van der Waals surface area contributed by atoms with E-state index in [0.717, 1.165) is 17.0 Å². The first kappa shape index (κ1) is 19.2. The van der Waals surface area contributed by atoms with Gasteiger partial charge >= 0.3 is 0 Å². The number of hydrazone groups is 1. The highest BCUT2D eigenvalue weighted by Gasteiger charge is 2.27. The van der Waals surface area contributed by atoms with Gasteiger partial charge in [-0.2, -0.15) is 5.10 Å². The van der Waals surface area contributed by atoms with Crippen LogP contribution >= 0.6 is 11.6 Å². The molecule has 2 aromatic rings. The zero-order valence-electron chi connectivity index (χ0n) is 16.1. The lowest BCUT2D eigenvalue weighted by atomic mass is 9.86. The van der Waals surface area contributed by atoms with Crippen molar-refractivity contribution < 1.29 is 4.79 Å². The lowest BCUT2D eigenvalue weighted by molar-refractivity contribution is -0.124. The van der Waals surface area contributed by atoms with Gasteiger partial charge in [-0.15, -0.1) is 0 Å². The van der Waals surface area contributed by atoms with E-state index in [4.69, 9.17) is 11.6 Å². The first-order valence-corrected chi connectivity index (χ1v) is 9.29. The molecule has 4 nitrogen and oxygen atoms in total. The van der Waals surface area contributed by atoms with Gasteiger partial charge in [0.1, 0.15) is 0 Å². The summed E-state index contributed by atoms with van der Waals surface area (Å²) in [6, 6.07) is 15.8. The Kier molecular flexibility index (Phi) is 5.38. The van der Waals surface area contributed by atoms with E-state index in [1.165, 1.54) is 10.6 Å². The molecule has 0 aliphatic carbocycles. The van der Waals surface area contributed by atoms with Crippen molar-refractivity contribution in [2.45, 2.75) is 26.2 Å². The number of likely N-dealkylation sites (N-methyl/N-ethyl adjacent to an activating group) is 1. The number of rotatable bonds is 4. The molecule has 1 heterocycles. The lowest BCUT2D eigenvalue weighted by Gasteiger charge is -2.18. The third-order valence-corrected chi connectivity index (χ3v) is 4.75. The minimum Gasteiger partial charge on any atom is -0.379 e. The second-order valence-corrected chi connectivity index (χ2v) is 8.10. The largest absolute Gasteiger partial charge is 0.379 e. The second-order valence-electron chi connectivity index (χ2n) is 7.67. The predicted molar refractivity (Wildman–Crippen MR) is 113 cm³/mol. The van der Waals surface area contributed by atoms with Gasteiger partial charge < -0.3 is 5.32 Å². The van der Waals surface area contributed by atoms with Crippen molar-refractivity contribution in [2.75, 3.05) is 18.9 Å². The molecular weight excluding hydrogens is 358 g/mol. The van der Waals surface area contributed by atoms with Crippen molar-refractivity contribution in [3.8, 4) is 0 Å². The molecule has 3 rings (SSSR count). The van der Waals surface area contributed by atoms with Crippen LogP contribution in [0.5, 0.6) is 0 Å². The number of nitrogens with zero attached hydrogens (tertiary/aromatic N) is 2. The van der Waals surface area contributed by atoms with E-state index in [9.17, 15) is 4.79 Å². The Labute approximate surface area is 165 Å². The van der Waals surface area contributed by atoms with Gasteiger partial charge in [-0.25, -0.2) is 5.01 Å². The van der Waals surface area contributed by atoms with E-state index >= 15 is 0 Å². The number of hydrogen-bond donors (Lipinski definition) is 1. The monoisotopic (exact) mass is 381 g/mol. The topological polar surface area (TPSA) is 44.7 Å². The predicted octanol–water partition coefficient (Wildman–Crippen LogP) is 4.96. The molecule has 0 fully saturated rings. The van der Waals surface area contributed by atoms with Gasteiger partial charge in [0.15, 0.2) is 0 Å². The van der Waals surface area contributed by atoms with Crippen LogP contribution in [-0.2, 0) is 10.2 Å². The van der Waals surface area contributed by atoms with Crippen molar-refractivity contribution in [1.82, 2.24) is 5.01 Å². The van der Waals surface area contributed by atoms with Crippen LogP contribution in [-0.4, -0.2) is 30.2 Å². The van der Waals surface area contributed by atoms with Gasteiger partial charge in [0, 0.05) is 17.8 Å². The molecule has 0 atom stereocenters. The van der Waals surface area contributed by atoms with Crippen molar-refractivity contribution in [1.29, 1.82) is 0 Å². The van der Waals surface area contributed by atoms with Crippen molar-refractivity contribution in [3.05, 3.63) is 70.3 Å². The number of anilines is 1. The summed E-state index contributed by atoms with van der Waals surface area (Å²) in [5, 5.41) is 9.74. The van der Waals surface area contributed by atoms with Gasteiger partial charge in [0.2, 0.25) is 0 Å². The van der Waals surface area contributed by atoms with Crippen molar-refractivity contribution in [2.24, 2.45) is 5.10 Å². The molecule has 0 saturated heterocycles. The number of hydrogen-bond acceptors (Lipinski definition) is 3. The van der Waals surface area contributed by atoms with Gasteiger partial charge in [-0.05, 0) is 46.9 Å². The highest BCUT2D eigenvalue weighted by atomic mass is 35.5. The van der Waals surface area contributed by atoms with Crippen LogP contribution in [0.25, 0.3) is 6.08 Å². The maximum Gasteiger partial charge on any atom is 0.275 e. The standard InChI is InChI=1S/C22H24ClN3O/c1-22(2,3)16-7-5-15(6-8-16)13-19-20(25-26(4)21(19)27)14-24-18-11-9-17(23)10-12-18/h5-13,24H,14H2,1-4H3/b19-13+. The summed E-state index contributed by atoms with van der Waals surface area (Å²) in [4.78, 5) is 12.5. The van der Waals surface area contributed by atoms with Gasteiger partial charge in [-0.1, -0.05) is 56.6 Å². The van der Waals surface area contributed by atoms with Crippen LogP contribution in [0.15, 0.2) is 59.2 Å². The van der Waals surface area contributed by atoms with E-state index in [2.05, 4.69) is 43.3 Å². The number of halogens is 1. The third-order valence-electron chi connectivity index (χ3n) is 4.50. The summed E-state index contributed by atoms with van der Waals surface area (Å²) in [5.41, 5.74) is 4.61. The van der Waals surface area contributed by atoms with Crippen LogP contribution in [0, 0.1) is 0 Å². The smallest absolute Gasteiger partial charge is 0.275 e. The molecule has 5 heteroatoms. The Morgan fingerprint density at radius 2 is 1.70 bits per heavy atom. The van der Waals surface area contributed by atoms with Crippen molar-refractivity contribution in [3.63, 3.8) is 0 Å². The van der Waals surface area contributed by atoms with E-state index in [1.54, 1.807) is 7.05 Å². The molecule has 0 spiro atoms. The first-order chi connectivity index (χ1) is 12.7. The van der Waals surface area contributed by atoms with Gasteiger partial charge in [0.05, 0.1) is 17.8 Å². The fraction of sp³-hybridized carbons (Fsp3) is 0.273. The van der Waals surface area contributed by atoms with E-state index in [-0.39, 0.29) is 11.3 Å². The summed E-state index contributed by atoms with van der Waals surface area (Å²) in [6.07, 6.45) is 1.90. The fourth-order valence-electron chi connectivity index (χ4n) is 2.85. The first-order valence-electron chi connectivity index (χ1n) is 8.91. The Morgan fingerprint density at radius 1 is 1.07 bits per heavy atom. The summed E-state index contributed by atoms with van der Waals surface area (Å²) < 4.78 is 0. The van der Waals surface area contributed by atoms with Gasteiger partial charge in [-0.3, -0.25) is 4.79 Å². The maximum atomic E-state index is 12.5. The molecule has 27 heavy (non-hydrogen) atoms. The number of carbonyl (C=O) groups excluding carboxylic acids is 1. The Hall–Kier alpha value is -2.59. The average molecular weight is 382 g/mol. The number of amides is 1. The molecule has 1 amide bonds. The molecular formula is C22H24ClN3O. The number of carbonyl (C=O) groups is 1. The number of benzene rings is 2. The summed E-state index contributed by atoms with van der Waals surface area (Å²) >= 11 is 5.92. The molecule has 1 N–H and O–H groups in total. The molecule has 0 radical (unpaired) electrons. The zero-order valence-corrected chi connectivity index (χ0v) is 16.8. The van der Waals surface area contributed by atoms with Crippen LogP contribution in [0.1, 0.15) is 31.9 Å².